The highest BCUT2D eigenvalue weighted by Gasteiger charge is 2.62. The molecular weight excluding hydrogens is 404 g/mol. The molecule has 2 fully saturated rings. The van der Waals surface area contributed by atoms with Crippen LogP contribution in [0.4, 0.5) is 0 Å². The van der Waals surface area contributed by atoms with E-state index < -0.39 is 46.6 Å². The van der Waals surface area contributed by atoms with E-state index in [9.17, 15) is 18.9 Å². The summed E-state index contributed by atoms with van der Waals surface area (Å²) in [7, 11) is 0. The fourth-order valence-electron chi connectivity index (χ4n) is 3.85. The van der Waals surface area contributed by atoms with Gasteiger partial charge in [-0.25, -0.2) is 4.79 Å². The molecule has 4 atom stereocenters. The Kier molecular flexibility index (Phi) is 5.61. The first-order valence-corrected chi connectivity index (χ1v) is 10.8. The van der Waals surface area contributed by atoms with Gasteiger partial charge in [-0.3, -0.25) is 14.5 Å². The highest BCUT2D eigenvalue weighted by atomic mass is 32.2. The van der Waals surface area contributed by atoms with Crippen LogP contribution in [0.2, 0.25) is 0 Å². The molecule has 0 aromatic heterocycles. The van der Waals surface area contributed by atoms with E-state index in [1.54, 1.807) is 0 Å². The molecule has 30 heavy (non-hydrogen) atoms. The summed E-state index contributed by atoms with van der Waals surface area (Å²) >= 11 is -1.46. The van der Waals surface area contributed by atoms with Gasteiger partial charge in [-0.05, 0) is 22.3 Å². The zero-order valence-corrected chi connectivity index (χ0v) is 16.8. The normalized spacial score (nSPS) is 25.3. The molecule has 0 aliphatic carbocycles. The summed E-state index contributed by atoms with van der Waals surface area (Å²) in [6.07, 6.45) is -0.270. The molecule has 3 unspecified atom stereocenters. The summed E-state index contributed by atoms with van der Waals surface area (Å²) in [4.78, 5) is 37.7. The van der Waals surface area contributed by atoms with E-state index in [2.05, 4.69) is 11.9 Å². The molecule has 0 saturated carbocycles. The number of ether oxygens (including phenoxy) is 1. The minimum absolute atomic E-state index is 0.0621. The first-order chi connectivity index (χ1) is 14.5. The summed E-state index contributed by atoms with van der Waals surface area (Å²) in [6, 6.07) is 16.6. The minimum atomic E-state index is -1.46. The quantitative estimate of drug-likeness (QED) is 0.248. The van der Waals surface area contributed by atoms with Gasteiger partial charge in [0.2, 0.25) is 11.8 Å². The number of benzene rings is 2. The molecule has 2 aliphatic heterocycles. The molecule has 2 aromatic rings. The van der Waals surface area contributed by atoms with Crippen molar-refractivity contribution >= 4 is 29.5 Å². The Bertz CT molecular complexity index is 929. The molecule has 1 N–H and O–H groups in total. The van der Waals surface area contributed by atoms with Crippen LogP contribution in [-0.2, 0) is 30.3 Å². The predicted molar refractivity (Wildman–Crippen MR) is 110 cm³/mol. The molecule has 0 spiro atoms. The van der Waals surface area contributed by atoms with Gasteiger partial charge in [0.15, 0.2) is 18.2 Å². The van der Waals surface area contributed by atoms with Gasteiger partial charge in [0, 0.05) is 5.57 Å². The van der Waals surface area contributed by atoms with Crippen LogP contribution in [0.15, 0.2) is 72.8 Å². The van der Waals surface area contributed by atoms with Gasteiger partial charge in [0.25, 0.3) is 5.91 Å². The Morgan fingerprint density at radius 3 is 2.27 bits per heavy atom. The molecule has 8 heteroatoms. The molecule has 154 valence electrons. The molecule has 2 saturated heterocycles. The smallest absolute Gasteiger partial charge is 0.334 e. The number of rotatable bonds is 6. The van der Waals surface area contributed by atoms with E-state index in [1.807, 2.05) is 60.7 Å². The SMILES string of the molecule is C=C1C[S+]([O-])[C@@H]2C(NC=O)C(=O)N2C1C(=O)OC(c1ccccc1)c1ccccc1. The lowest BCUT2D eigenvalue weighted by Gasteiger charge is -2.51. The largest absolute Gasteiger partial charge is 0.614 e. The number of fused-ring (bicyclic) bond motifs is 1. The van der Waals surface area contributed by atoms with E-state index in [0.717, 1.165) is 11.1 Å². The highest BCUT2D eigenvalue weighted by molar-refractivity contribution is 7.92. The maximum Gasteiger partial charge on any atom is 0.334 e. The molecule has 0 bridgehead atoms. The molecule has 2 amide bonds. The van der Waals surface area contributed by atoms with Gasteiger partial charge in [-0.2, -0.15) is 0 Å². The van der Waals surface area contributed by atoms with E-state index in [-0.39, 0.29) is 5.75 Å². The third kappa shape index (κ3) is 3.48. The zero-order valence-electron chi connectivity index (χ0n) is 16.0. The van der Waals surface area contributed by atoms with Crippen LogP contribution in [0.3, 0.4) is 0 Å². The predicted octanol–water partition coefficient (Wildman–Crippen LogP) is 1.29. The van der Waals surface area contributed by atoms with Crippen LogP contribution >= 0.6 is 0 Å². The van der Waals surface area contributed by atoms with Crippen LogP contribution in [0.1, 0.15) is 17.2 Å². The maximum absolute atomic E-state index is 13.2. The zero-order chi connectivity index (χ0) is 21.3. The number of carbonyl (C=O) groups excluding carboxylic acids is 3. The van der Waals surface area contributed by atoms with Crippen molar-refractivity contribution in [1.82, 2.24) is 10.2 Å². The fraction of sp³-hybridized carbons (Fsp3) is 0.227. The van der Waals surface area contributed by atoms with Crippen molar-refractivity contribution in [1.29, 1.82) is 0 Å². The lowest BCUT2D eigenvalue weighted by molar-refractivity contribution is -0.165. The minimum Gasteiger partial charge on any atom is -0.614 e. The number of nitrogens with zero attached hydrogens (tertiary/aromatic N) is 1. The number of carbonyl (C=O) groups is 3. The lowest BCUT2D eigenvalue weighted by Crippen LogP contribution is -2.78. The number of hydrogen-bond donors (Lipinski definition) is 1. The van der Waals surface area contributed by atoms with Crippen LogP contribution in [-0.4, -0.2) is 50.9 Å². The number of β-lactam (4-membered cyclic amide) rings is 1. The molecule has 2 heterocycles. The third-order valence-electron chi connectivity index (χ3n) is 5.25. The van der Waals surface area contributed by atoms with Crippen LogP contribution in [0.25, 0.3) is 0 Å². The topological polar surface area (TPSA) is 98.8 Å². The first kappa shape index (κ1) is 20.2. The molecule has 2 aliphatic rings. The van der Waals surface area contributed by atoms with Gasteiger partial charge >= 0.3 is 5.97 Å². The average Bonchev–Trinajstić information content (AvgIpc) is 2.76. The summed E-state index contributed by atoms with van der Waals surface area (Å²) in [5.74, 6) is -1.05. The highest BCUT2D eigenvalue weighted by Crippen LogP contribution is 2.37. The summed E-state index contributed by atoms with van der Waals surface area (Å²) in [5.41, 5.74) is 1.93. The second-order valence-corrected chi connectivity index (χ2v) is 8.66. The van der Waals surface area contributed by atoms with Gasteiger partial charge in [0.05, 0.1) is 0 Å². The van der Waals surface area contributed by atoms with Crippen molar-refractivity contribution in [3.8, 4) is 0 Å². The first-order valence-electron chi connectivity index (χ1n) is 9.40. The lowest BCUT2D eigenvalue weighted by atomic mass is 9.98. The number of amides is 2. The molecule has 0 radical (unpaired) electrons. The van der Waals surface area contributed by atoms with E-state index in [0.29, 0.717) is 12.0 Å². The Balaban J connectivity index is 1.61. The second-order valence-electron chi connectivity index (χ2n) is 7.12. The second kappa shape index (κ2) is 8.33. The summed E-state index contributed by atoms with van der Waals surface area (Å²) in [5, 5.41) is 1.62. The van der Waals surface area contributed by atoms with E-state index >= 15 is 0 Å². The van der Waals surface area contributed by atoms with Crippen molar-refractivity contribution in [2.75, 3.05) is 5.75 Å². The Labute approximate surface area is 176 Å². The van der Waals surface area contributed by atoms with E-state index in [4.69, 9.17) is 4.74 Å². The van der Waals surface area contributed by atoms with Crippen LogP contribution in [0.5, 0.6) is 0 Å². The average molecular weight is 424 g/mol. The number of hydrogen-bond acceptors (Lipinski definition) is 5. The monoisotopic (exact) mass is 424 g/mol. The van der Waals surface area contributed by atoms with Gasteiger partial charge in [-0.1, -0.05) is 67.2 Å². The summed E-state index contributed by atoms with van der Waals surface area (Å²) in [6.45, 7) is 3.87. The van der Waals surface area contributed by atoms with Crippen molar-refractivity contribution in [3.05, 3.63) is 83.9 Å². The van der Waals surface area contributed by atoms with Crippen LogP contribution in [0, 0.1) is 0 Å². The molecule has 4 rings (SSSR count). The van der Waals surface area contributed by atoms with Crippen molar-refractivity contribution in [2.45, 2.75) is 23.6 Å². The van der Waals surface area contributed by atoms with Gasteiger partial charge in [-0.15, -0.1) is 0 Å². The molecular formula is C22H20N2O5S. The van der Waals surface area contributed by atoms with Crippen molar-refractivity contribution in [3.63, 3.8) is 0 Å². The number of nitrogens with one attached hydrogen (secondary N) is 1. The van der Waals surface area contributed by atoms with E-state index in [1.165, 1.54) is 4.90 Å². The van der Waals surface area contributed by atoms with Gasteiger partial charge < -0.3 is 14.6 Å². The Hall–Kier alpha value is -3.10. The summed E-state index contributed by atoms with van der Waals surface area (Å²) < 4.78 is 18.4. The van der Waals surface area contributed by atoms with Crippen molar-refractivity contribution in [2.24, 2.45) is 0 Å². The third-order valence-corrected chi connectivity index (χ3v) is 6.94. The van der Waals surface area contributed by atoms with Crippen molar-refractivity contribution < 1.29 is 23.7 Å². The Morgan fingerprint density at radius 1 is 1.17 bits per heavy atom. The molecule has 7 nitrogen and oxygen atoms in total. The standard InChI is InChI=1S/C22H20N2O5S/c1-14-12-30(28)21-17(23-13-25)20(26)24(21)18(14)22(27)29-19(15-8-4-2-5-9-15)16-10-6-3-7-11-16/h2-11,13,17-19,21H,1,12H2,(H,23,25)/t17?,18?,21-,30?/m1/s1. The maximum atomic E-state index is 13.2. The molecule has 2 aromatic carbocycles. The Morgan fingerprint density at radius 2 is 1.73 bits per heavy atom. The number of esters is 1. The van der Waals surface area contributed by atoms with Gasteiger partial charge in [0.1, 0.15) is 5.75 Å². The van der Waals surface area contributed by atoms with Crippen LogP contribution < -0.4 is 5.32 Å². The fourth-order valence-corrected chi connectivity index (χ4v) is 5.53.